The van der Waals surface area contributed by atoms with E-state index in [0.717, 1.165) is 11.4 Å². The molecule has 0 bridgehead atoms. The summed E-state index contributed by atoms with van der Waals surface area (Å²) in [5.74, 6) is -0.419. The van der Waals surface area contributed by atoms with E-state index in [2.05, 4.69) is 11.4 Å². The molecule has 8 heteroatoms. The van der Waals surface area contributed by atoms with Gasteiger partial charge < -0.3 is 19.7 Å². The summed E-state index contributed by atoms with van der Waals surface area (Å²) < 4.78 is 10.3. The second-order valence-electron chi connectivity index (χ2n) is 6.74. The van der Waals surface area contributed by atoms with Crippen LogP contribution in [-0.2, 0) is 9.47 Å². The van der Waals surface area contributed by atoms with Crippen LogP contribution < -0.4 is 10.2 Å². The van der Waals surface area contributed by atoms with Crippen molar-refractivity contribution >= 4 is 28.4 Å². The summed E-state index contributed by atoms with van der Waals surface area (Å²) in [6.45, 7) is 8.74. The number of hydrogen-bond donors (Lipinski definition) is 1. The zero-order valence-electron chi connectivity index (χ0n) is 14.9. The second kappa shape index (κ2) is 7.74. The van der Waals surface area contributed by atoms with Gasteiger partial charge in [-0.2, -0.15) is 5.26 Å². The van der Waals surface area contributed by atoms with Gasteiger partial charge in [0.15, 0.2) is 0 Å². The third-order valence-electron chi connectivity index (χ3n) is 3.51. The molecule has 0 radical (unpaired) electrons. The smallest absolute Gasteiger partial charge is 0.407 e. The maximum absolute atomic E-state index is 11.9. The molecule has 0 aromatic carbocycles. The van der Waals surface area contributed by atoms with E-state index in [4.69, 9.17) is 9.47 Å². The lowest BCUT2D eigenvalue weighted by molar-refractivity contribution is 0.0505. The Kier molecular flexibility index (Phi) is 5.90. The lowest BCUT2D eigenvalue weighted by Gasteiger charge is -2.22. The largest absolute Gasteiger partial charge is 0.462 e. The minimum absolute atomic E-state index is 0.0606. The number of anilines is 1. The Bertz CT molecular complexity index is 687. The summed E-state index contributed by atoms with van der Waals surface area (Å²) in [7, 11) is 0. The molecule has 1 aliphatic heterocycles. The molecule has 0 unspecified atom stereocenters. The summed E-state index contributed by atoms with van der Waals surface area (Å²) in [4.78, 5) is 26.2. The van der Waals surface area contributed by atoms with E-state index in [1.165, 1.54) is 11.3 Å². The third kappa shape index (κ3) is 5.10. The molecule has 25 heavy (non-hydrogen) atoms. The van der Waals surface area contributed by atoms with Crippen molar-refractivity contribution in [3.05, 3.63) is 16.5 Å². The van der Waals surface area contributed by atoms with Crippen molar-refractivity contribution in [1.82, 2.24) is 5.32 Å². The lowest BCUT2D eigenvalue weighted by atomic mass is 10.2. The first-order valence-corrected chi connectivity index (χ1v) is 9.00. The van der Waals surface area contributed by atoms with E-state index >= 15 is 0 Å². The number of nitriles is 1. The molecule has 1 aliphatic rings. The highest BCUT2D eigenvalue weighted by Gasteiger charge is 2.29. The van der Waals surface area contributed by atoms with Crippen molar-refractivity contribution in [2.75, 3.05) is 24.6 Å². The number of nitrogens with zero attached hydrogens (tertiary/aromatic N) is 2. The fourth-order valence-corrected chi connectivity index (χ4v) is 3.57. The molecule has 1 aromatic rings. The summed E-state index contributed by atoms with van der Waals surface area (Å²) in [5, 5.41) is 12.9. The molecule has 1 N–H and O–H groups in total. The lowest BCUT2D eigenvalue weighted by Crippen LogP contribution is -2.40. The minimum Gasteiger partial charge on any atom is -0.462 e. The fourth-order valence-electron chi connectivity index (χ4n) is 2.54. The van der Waals surface area contributed by atoms with Crippen LogP contribution in [0.25, 0.3) is 0 Å². The molecule has 1 atom stereocenters. The van der Waals surface area contributed by atoms with Gasteiger partial charge in [-0.25, -0.2) is 9.59 Å². The summed E-state index contributed by atoms with van der Waals surface area (Å²) in [6.07, 6.45) is 0.301. The van der Waals surface area contributed by atoms with Gasteiger partial charge in [-0.05, 0) is 40.2 Å². The van der Waals surface area contributed by atoms with E-state index < -0.39 is 17.7 Å². The first kappa shape index (κ1) is 19.1. The quantitative estimate of drug-likeness (QED) is 0.825. The molecule has 1 aromatic heterocycles. The van der Waals surface area contributed by atoms with Crippen LogP contribution in [-0.4, -0.2) is 43.4 Å². The molecule has 1 saturated heterocycles. The van der Waals surface area contributed by atoms with Crippen molar-refractivity contribution in [2.24, 2.45) is 0 Å². The Labute approximate surface area is 151 Å². The van der Waals surface area contributed by atoms with Gasteiger partial charge in [0.1, 0.15) is 21.5 Å². The van der Waals surface area contributed by atoms with Gasteiger partial charge in [-0.1, -0.05) is 0 Å². The first-order chi connectivity index (χ1) is 11.7. The maximum atomic E-state index is 11.9. The Balaban J connectivity index is 2.03. The SMILES string of the molecule is CCOC(=O)c1cc(C#N)c(N2CC[C@H](NC(=O)OC(C)(C)C)C2)s1. The fraction of sp³-hybridized carbons (Fsp3) is 0.588. The molecule has 1 amide bonds. The molecule has 2 heterocycles. The van der Waals surface area contributed by atoms with Crippen molar-refractivity contribution in [3.8, 4) is 6.07 Å². The van der Waals surface area contributed by atoms with Crippen molar-refractivity contribution in [1.29, 1.82) is 5.26 Å². The average molecular weight is 365 g/mol. The van der Waals surface area contributed by atoms with Crippen LogP contribution >= 0.6 is 11.3 Å². The van der Waals surface area contributed by atoms with Gasteiger partial charge in [0, 0.05) is 13.1 Å². The van der Waals surface area contributed by atoms with Crippen LogP contribution in [0.2, 0.25) is 0 Å². The summed E-state index contributed by atoms with van der Waals surface area (Å²) in [5.41, 5.74) is -0.0930. The molecule has 1 fully saturated rings. The highest BCUT2D eigenvalue weighted by molar-refractivity contribution is 7.18. The van der Waals surface area contributed by atoms with Crippen molar-refractivity contribution < 1.29 is 19.1 Å². The molecule has 2 rings (SSSR count). The van der Waals surface area contributed by atoms with Crippen LogP contribution in [0.3, 0.4) is 0 Å². The molecule has 0 spiro atoms. The van der Waals surface area contributed by atoms with Crippen LogP contribution in [0.15, 0.2) is 6.07 Å². The third-order valence-corrected chi connectivity index (χ3v) is 4.68. The second-order valence-corrected chi connectivity index (χ2v) is 7.77. The van der Waals surface area contributed by atoms with E-state index in [0.29, 0.717) is 30.1 Å². The number of nitrogens with one attached hydrogen (secondary N) is 1. The number of carbonyl (C=O) groups excluding carboxylic acids is 2. The minimum atomic E-state index is -0.543. The van der Waals surface area contributed by atoms with Gasteiger partial charge in [0.25, 0.3) is 0 Å². The Morgan fingerprint density at radius 1 is 1.48 bits per heavy atom. The van der Waals surface area contributed by atoms with Crippen LogP contribution in [0.4, 0.5) is 9.80 Å². The van der Waals surface area contributed by atoms with Crippen LogP contribution in [0.1, 0.15) is 49.4 Å². The zero-order valence-corrected chi connectivity index (χ0v) is 15.7. The molecule has 7 nitrogen and oxygen atoms in total. The average Bonchev–Trinajstić information content (AvgIpc) is 3.11. The van der Waals surface area contributed by atoms with E-state index in [1.807, 2.05) is 25.7 Å². The number of esters is 1. The summed E-state index contributed by atoms with van der Waals surface area (Å²) >= 11 is 1.25. The zero-order chi connectivity index (χ0) is 18.6. The molecule has 0 aliphatic carbocycles. The number of rotatable bonds is 4. The van der Waals surface area contributed by atoms with Crippen molar-refractivity contribution in [3.63, 3.8) is 0 Å². The van der Waals surface area contributed by atoms with Gasteiger partial charge in [0.2, 0.25) is 0 Å². The van der Waals surface area contributed by atoms with E-state index in [-0.39, 0.29) is 6.04 Å². The molecular formula is C17H23N3O4S. The van der Waals surface area contributed by atoms with Gasteiger partial charge >= 0.3 is 12.1 Å². The highest BCUT2D eigenvalue weighted by Crippen LogP contribution is 2.34. The van der Waals surface area contributed by atoms with Gasteiger partial charge in [-0.15, -0.1) is 11.3 Å². The topological polar surface area (TPSA) is 91.7 Å². The Morgan fingerprint density at radius 2 is 2.20 bits per heavy atom. The molecule has 136 valence electrons. The van der Waals surface area contributed by atoms with Gasteiger partial charge in [-0.3, -0.25) is 0 Å². The Hall–Kier alpha value is -2.27. The van der Waals surface area contributed by atoms with Crippen LogP contribution in [0, 0.1) is 11.3 Å². The molecule has 0 saturated carbocycles. The summed E-state index contributed by atoms with van der Waals surface area (Å²) in [6, 6.07) is 3.63. The first-order valence-electron chi connectivity index (χ1n) is 8.19. The van der Waals surface area contributed by atoms with E-state index in [9.17, 15) is 14.9 Å². The standard InChI is InChI=1S/C17H23N3O4S/c1-5-23-15(21)13-8-11(9-18)14(25-13)20-7-6-12(10-20)19-16(22)24-17(2,3)4/h8,12H,5-7,10H2,1-4H3,(H,19,22)/t12-/m0/s1. The predicted molar refractivity (Wildman–Crippen MR) is 95.0 cm³/mol. The number of alkyl carbamates (subject to hydrolysis) is 1. The number of hydrogen-bond acceptors (Lipinski definition) is 7. The van der Waals surface area contributed by atoms with E-state index in [1.54, 1.807) is 13.0 Å². The number of amides is 1. The monoisotopic (exact) mass is 365 g/mol. The predicted octanol–water partition coefficient (Wildman–Crippen LogP) is 2.90. The highest BCUT2D eigenvalue weighted by atomic mass is 32.1. The van der Waals surface area contributed by atoms with Crippen LogP contribution in [0.5, 0.6) is 0 Å². The number of carbonyl (C=O) groups is 2. The number of thiophene rings is 1. The Morgan fingerprint density at radius 3 is 2.80 bits per heavy atom. The molecular weight excluding hydrogens is 342 g/mol. The normalized spacial score (nSPS) is 17.1. The maximum Gasteiger partial charge on any atom is 0.407 e. The number of ether oxygens (including phenoxy) is 2. The van der Waals surface area contributed by atoms with Crippen molar-refractivity contribution in [2.45, 2.75) is 45.8 Å². The van der Waals surface area contributed by atoms with Gasteiger partial charge in [0.05, 0.1) is 18.2 Å².